The van der Waals surface area contributed by atoms with E-state index in [0.717, 1.165) is 18.7 Å². The van der Waals surface area contributed by atoms with E-state index >= 15 is 0 Å². The van der Waals surface area contributed by atoms with Crippen LogP contribution >= 0.6 is 0 Å². The molecule has 0 bridgehead atoms. The molecule has 84 valence electrons. The molecule has 2 rings (SSSR count). The lowest BCUT2D eigenvalue weighted by molar-refractivity contribution is 0.185. The molecular weight excluding hydrogens is 200 g/mol. The molecule has 1 aliphatic rings. The van der Waals surface area contributed by atoms with Crippen LogP contribution in [0.2, 0.25) is 0 Å². The average molecular weight is 216 g/mol. The molecule has 1 heterocycles. The maximum Gasteiger partial charge on any atom is 0.119 e. The molecule has 3 heteroatoms. The highest BCUT2D eigenvalue weighted by atomic mass is 16.5. The van der Waals surface area contributed by atoms with Crippen LogP contribution in [0.1, 0.15) is 12.0 Å². The fourth-order valence-electron chi connectivity index (χ4n) is 1.90. The summed E-state index contributed by atoms with van der Waals surface area (Å²) in [5.74, 6) is 0.311. The predicted octanol–water partition coefficient (Wildman–Crippen LogP) is 2.34. The number of nitrogens with one attached hydrogen (secondary N) is 1. The smallest absolute Gasteiger partial charge is 0.119 e. The van der Waals surface area contributed by atoms with Gasteiger partial charge in [0.2, 0.25) is 0 Å². The van der Waals surface area contributed by atoms with E-state index in [9.17, 15) is 0 Å². The zero-order chi connectivity index (χ0) is 11.4. The number of ether oxygens (including phenoxy) is 1. The van der Waals surface area contributed by atoms with E-state index in [1.807, 2.05) is 24.3 Å². The van der Waals surface area contributed by atoms with Gasteiger partial charge in [0.15, 0.2) is 0 Å². The van der Waals surface area contributed by atoms with Crippen LogP contribution < -0.4 is 5.32 Å². The summed E-state index contributed by atoms with van der Waals surface area (Å²) in [6.07, 6.45) is 0.969. The first-order valence-electron chi connectivity index (χ1n) is 5.60. The second-order valence-electron chi connectivity index (χ2n) is 4.24. The third kappa shape index (κ3) is 2.53. The third-order valence-electron chi connectivity index (χ3n) is 2.95. The van der Waals surface area contributed by atoms with Crippen molar-refractivity contribution in [3.05, 3.63) is 29.8 Å². The van der Waals surface area contributed by atoms with Gasteiger partial charge in [-0.1, -0.05) is 17.7 Å². The van der Waals surface area contributed by atoms with Crippen LogP contribution in [-0.4, -0.2) is 19.3 Å². The second-order valence-corrected chi connectivity index (χ2v) is 4.24. The number of rotatable bonds is 3. The molecule has 0 amide bonds. The minimum absolute atomic E-state index is 0.148. The minimum atomic E-state index is -0.148. The zero-order valence-electron chi connectivity index (χ0n) is 9.44. The van der Waals surface area contributed by atoms with Crippen LogP contribution in [0.4, 0.5) is 5.69 Å². The molecule has 1 aromatic carbocycles. The molecule has 0 radical (unpaired) electrons. The van der Waals surface area contributed by atoms with E-state index in [2.05, 4.69) is 18.3 Å². The van der Waals surface area contributed by atoms with Gasteiger partial charge in [-0.15, -0.1) is 0 Å². The maximum absolute atomic E-state index is 9.13. The highest BCUT2D eigenvalue weighted by Crippen LogP contribution is 2.20. The van der Waals surface area contributed by atoms with Crippen molar-refractivity contribution in [2.24, 2.45) is 5.92 Å². The molecule has 1 saturated heterocycles. The molecule has 0 saturated carbocycles. The van der Waals surface area contributed by atoms with Gasteiger partial charge in [0, 0.05) is 18.2 Å². The number of aryl methyl sites for hydroxylation is 1. The number of nitriles is 1. The first kappa shape index (κ1) is 11.0. The molecule has 2 atom stereocenters. The number of hydrogen-bond acceptors (Lipinski definition) is 3. The first-order chi connectivity index (χ1) is 7.79. The summed E-state index contributed by atoms with van der Waals surface area (Å²) >= 11 is 0. The fraction of sp³-hybridized carbons (Fsp3) is 0.462. The summed E-state index contributed by atoms with van der Waals surface area (Å²) < 4.78 is 5.31. The number of anilines is 1. The van der Waals surface area contributed by atoms with Gasteiger partial charge in [-0.3, -0.25) is 0 Å². The molecule has 1 N–H and O–H groups in total. The van der Waals surface area contributed by atoms with Crippen molar-refractivity contribution < 1.29 is 4.74 Å². The molecule has 0 aromatic heterocycles. The lowest BCUT2D eigenvalue weighted by atomic mass is 10.00. The predicted molar refractivity (Wildman–Crippen MR) is 63.1 cm³/mol. The Bertz CT molecular complexity index is 374. The second kappa shape index (κ2) is 5.00. The van der Waals surface area contributed by atoms with E-state index in [4.69, 9.17) is 10.00 Å². The van der Waals surface area contributed by atoms with Gasteiger partial charge in [0.1, 0.15) is 6.04 Å². The highest BCUT2D eigenvalue weighted by Gasteiger charge is 2.25. The summed E-state index contributed by atoms with van der Waals surface area (Å²) in [6, 6.07) is 10.3. The monoisotopic (exact) mass is 216 g/mol. The number of benzene rings is 1. The van der Waals surface area contributed by atoms with E-state index in [0.29, 0.717) is 12.5 Å². The summed E-state index contributed by atoms with van der Waals surface area (Å²) in [6.45, 7) is 3.52. The Labute approximate surface area is 96.0 Å². The first-order valence-corrected chi connectivity index (χ1v) is 5.60. The lowest BCUT2D eigenvalue weighted by Crippen LogP contribution is -2.27. The van der Waals surface area contributed by atoms with Gasteiger partial charge >= 0.3 is 0 Å². The lowest BCUT2D eigenvalue weighted by Gasteiger charge is -2.17. The van der Waals surface area contributed by atoms with Crippen molar-refractivity contribution in [3.63, 3.8) is 0 Å². The van der Waals surface area contributed by atoms with E-state index in [1.165, 1.54) is 5.56 Å². The van der Waals surface area contributed by atoms with Crippen molar-refractivity contribution in [1.29, 1.82) is 5.26 Å². The molecule has 0 spiro atoms. The van der Waals surface area contributed by atoms with E-state index in [1.54, 1.807) is 0 Å². The summed E-state index contributed by atoms with van der Waals surface area (Å²) in [5, 5.41) is 12.4. The van der Waals surface area contributed by atoms with Crippen LogP contribution in [0.3, 0.4) is 0 Å². The van der Waals surface area contributed by atoms with Crippen molar-refractivity contribution in [2.45, 2.75) is 19.4 Å². The Morgan fingerprint density at radius 2 is 2.19 bits per heavy atom. The van der Waals surface area contributed by atoms with Gasteiger partial charge < -0.3 is 10.1 Å². The SMILES string of the molecule is Cc1ccc(NC(C#N)C2CCOC2)cc1. The van der Waals surface area contributed by atoms with Crippen molar-refractivity contribution in [2.75, 3.05) is 18.5 Å². The van der Waals surface area contributed by atoms with Gasteiger partial charge in [0.05, 0.1) is 12.7 Å². The molecule has 1 aliphatic heterocycles. The Balaban J connectivity index is 2.01. The van der Waals surface area contributed by atoms with Crippen LogP contribution in [-0.2, 0) is 4.74 Å². The van der Waals surface area contributed by atoms with E-state index in [-0.39, 0.29) is 6.04 Å². The fourth-order valence-corrected chi connectivity index (χ4v) is 1.90. The largest absolute Gasteiger partial charge is 0.381 e. The van der Waals surface area contributed by atoms with Crippen LogP contribution in [0.5, 0.6) is 0 Å². The maximum atomic E-state index is 9.13. The molecule has 1 fully saturated rings. The van der Waals surface area contributed by atoms with Gasteiger partial charge in [-0.25, -0.2) is 0 Å². The Morgan fingerprint density at radius 1 is 1.44 bits per heavy atom. The van der Waals surface area contributed by atoms with Crippen LogP contribution in [0.25, 0.3) is 0 Å². The third-order valence-corrected chi connectivity index (χ3v) is 2.95. The van der Waals surface area contributed by atoms with Crippen LogP contribution in [0, 0.1) is 24.2 Å². The van der Waals surface area contributed by atoms with Crippen molar-refractivity contribution >= 4 is 5.69 Å². The molecule has 0 aliphatic carbocycles. The minimum Gasteiger partial charge on any atom is -0.381 e. The topological polar surface area (TPSA) is 45.0 Å². The zero-order valence-corrected chi connectivity index (χ0v) is 9.44. The van der Waals surface area contributed by atoms with Gasteiger partial charge in [-0.05, 0) is 25.5 Å². The van der Waals surface area contributed by atoms with Crippen molar-refractivity contribution in [3.8, 4) is 6.07 Å². The normalized spacial score (nSPS) is 21.4. The molecule has 16 heavy (non-hydrogen) atoms. The molecule has 1 aromatic rings. The average Bonchev–Trinajstić information content (AvgIpc) is 2.82. The highest BCUT2D eigenvalue weighted by molar-refractivity contribution is 5.46. The molecule has 3 nitrogen and oxygen atoms in total. The summed E-state index contributed by atoms with van der Waals surface area (Å²) in [7, 11) is 0. The number of hydrogen-bond donors (Lipinski definition) is 1. The van der Waals surface area contributed by atoms with Gasteiger partial charge in [0.25, 0.3) is 0 Å². The van der Waals surface area contributed by atoms with Crippen LogP contribution in [0.15, 0.2) is 24.3 Å². The molecule has 2 unspecified atom stereocenters. The molecular formula is C13H16N2O. The Hall–Kier alpha value is -1.53. The van der Waals surface area contributed by atoms with Gasteiger partial charge in [-0.2, -0.15) is 5.26 Å². The Morgan fingerprint density at radius 3 is 2.75 bits per heavy atom. The summed E-state index contributed by atoms with van der Waals surface area (Å²) in [5.41, 5.74) is 2.23. The standard InChI is InChI=1S/C13H16N2O/c1-10-2-4-12(5-3-10)15-13(8-14)11-6-7-16-9-11/h2-5,11,13,15H,6-7,9H2,1H3. The quantitative estimate of drug-likeness (QED) is 0.843. The Kier molecular flexibility index (Phi) is 3.43. The summed E-state index contributed by atoms with van der Waals surface area (Å²) in [4.78, 5) is 0. The van der Waals surface area contributed by atoms with E-state index < -0.39 is 0 Å². The van der Waals surface area contributed by atoms with Crippen molar-refractivity contribution in [1.82, 2.24) is 0 Å². The number of nitrogens with zero attached hydrogens (tertiary/aromatic N) is 1.